The van der Waals surface area contributed by atoms with Gasteiger partial charge in [0.25, 0.3) is 0 Å². The van der Waals surface area contributed by atoms with Crippen molar-refractivity contribution in [1.82, 2.24) is 4.98 Å². The van der Waals surface area contributed by atoms with Gasteiger partial charge < -0.3 is 42.3 Å². The Bertz CT molecular complexity index is 565. The van der Waals surface area contributed by atoms with E-state index in [1.807, 2.05) is 52.0 Å². The number of nitrogens with zero attached hydrogens (tertiary/aromatic N) is 1. The maximum Gasteiger partial charge on any atom is 3.00 e. The molecule has 0 aliphatic heterocycles. The molecule has 0 atom stereocenters. The van der Waals surface area contributed by atoms with Gasteiger partial charge in [-0.2, -0.15) is 0 Å². The van der Waals surface area contributed by atoms with Crippen LogP contribution in [0.5, 0.6) is 0 Å². The van der Waals surface area contributed by atoms with Crippen molar-refractivity contribution in [3.63, 3.8) is 0 Å². The van der Waals surface area contributed by atoms with E-state index in [2.05, 4.69) is 10.1 Å². The van der Waals surface area contributed by atoms with Gasteiger partial charge in [0.1, 0.15) is 0 Å². The summed E-state index contributed by atoms with van der Waals surface area (Å²) >= 11 is 1.56. The molecule has 2 aromatic rings. The average molecular weight is 441 g/mol. The number of thiazole rings is 1. The topological polar surface area (TPSA) is 42.0 Å². The predicted octanol–water partition coefficient (Wildman–Crippen LogP) is -4.19. The number of fused-ring (bicyclic) bond motifs is 1. The number of anilines is 1. The van der Waals surface area contributed by atoms with Crippen molar-refractivity contribution >= 4 is 34.0 Å². The predicted molar refractivity (Wildman–Crippen MR) is 81.1 cm³/mol. The second-order valence-electron chi connectivity index (χ2n) is 5.00. The quantitative estimate of drug-likeness (QED) is 0.491. The fraction of sp³-hybridized carbons (Fsp3) is 0.462. The fourth-order valence-electron chi connectivity index (χ4n) is 1.92. The SMILES string of the molecule is CC(C)P(=O)(Nc1nc2ccccc2s1)C(C)C.[Cl-].[Cl-].[Cl-].[Cr+3]. The molecule has 1 aromatic heterocycles. The van der Waals surface area contributed by atoms with Crippen LogP contribution in [0.1, 0.15) is 27.7 Å². The van der Waals surface area contributed by atoms with E-state index >= 15 is 0 Å². The maximum atomic E-state index is 12.9. The molecule has 0 fully saturated rings. The van der Waals surface area contributed by atoms with Crippen molar-refractivity contribution in [3.05, 3.63) is 24.3 Å². The van der Waals surface area contributed by atoms with E-state index in [0.717, 1.165) is 15.3 Å². The fourth-order valence-corrected chi connectivity index (χ4v) is 5.31. The molecule has 2 rings (SSSR count). The van der Waals surface area contributed by atoms with Crippen LogP contribution in [0.25, 0.3) is 10.2 Å². The molecule has 22 heavy (non-hydrogen) atoms. The second-order valence-corrected chi connectivity index (χ2v) is 9.73. The summed E-state index contributed by atoms with van der Waals surface area (Å²) < 4.78 is 14.0. The summed E-state index contributed by atoms with van der Waals surface area (Å²) in [6.45, 7) is 8.00. The summed E-state index contributed by atoms with van der Waals surface area (Å²) in [4.78, 5) is 4.50. The van der Waals surface area contributed by atoms with Gasteiger partial charge in [0.2, 0.25) is 0 Å². The van der Waals surface area contributed by atoms with Crippen molar-refractivity contribution in [3.8, 4) is 0 Å². The number of aromatic nitrogens is 1. The third-order valence-electron chi connectivity index (χ3n) is 3.10. The number of hydrogen-bond acceptors (Lipinski definition) is 3. The van der Waals surface area contributed by atoms with Crippen molar-refractivity contribution in [1.29, 1.82) is 0 Å². The van der Waals surface area contributed by atoms with Gasteiger partial charge in [-0.15, -0.1) is 0 Å². The smallest absolute Gasteiger partial charge is 1.00 e. The first-order valence-electron chi connectivity index (χ1n) is 6.16. The molecular weight excluding hydrogens is 422 g/mol. The van der Waals surface area contributed by atoms with E-state index in [4.69, 9.17) is 0 Å². The van der Waals surface area contributed by atoms with E-state index < -0.39 is 7.29 Å². The van der Waals surface area contributed by atoms with Gasteiger partial charge in [-0.05, 0) is 12.1 Å². The van der Waals surface area contributed by atoms with Crippen LogP contribution in [0.4, 0.5) is 5.13 Å². The van der Waals surface area contributed by atoms with Crippen LogP contribution in [0.2, 0.25) is 0 Å². The average Bonchev–Trinajstić information content (AvgIpc) is 2.70. The van der Waals surface area contributed by atoms with Crippen LogP contribution in [-0.2, 0) is 21.9 Å². The number of rotatable bonds is 4. The molecule has 0 saturated heterocycles. The van der Waals surface area contributed by atoms with Gasteiger partial charge in [0.15, 0.2) is 12.4 Å². The summed E-state index contributed by atoms with van der Waals surface area (Å²) in [6.07, 6.45) is 0. The molecule has 125 valence electrons. The zero-order valence-electron chi connectivity index (χ0n) is 12.7. The van der Waals surface area contributed by atoms with Crippen LogP contribution in [0.15, 0.2) is 24.3 Å². The largest absolute Gasteiger partial charge is 3.00 e. The van der Waals surface area contributed by atoms with E-state index in [1.54, 1.807) is 11.3 Å². The van der Waals surface area contributed by atoms with Gasteiger partial charge in [-0.3, -0.25) is 4.57 Å². The summed E-state index contributed by atoms with van der Waals surface area (Å²) in [7, 11) is -2.44. The number of hydrogen-bond donors (Lipinski definition) is 1. The minimum Gasteiger partial charge on any atom is -1.00 e. The summed E-state index contributed by atoms with van der Waals surface area (Å²) in [5.41, 5.74) is 1.19. The Morgan fingerprint density at radius 2 is 1.55 bits per heavy atom. The number of halogens is 3. The second kappa shape index (κ2) is 11.2. The number of benzene rings is 1. The maximum absolute atomic E-state index is 12.9. The molecule has 1 radical (unpaired) electrons. The van der Waals surface area contributed by atoms with Gasteiger partial charge >= 0.3 is 17.4 Å². The van der Waals surface area contributed by atoms with Crippen LogP contribution in [0.3, 0.4) is 0 Å². The first-order valence-corrected chi connectivity index (χ1v) is 8.83. The Hall–Kier alpha value is 0.542. The Balaban J connectivity index is -0.000000902. The van der Waals surface area contributed by atoms with Crippen LogP contribution in [0, 0.1) is 0 Å². The van der Waals surface area contributed by atoms with Crippen molar-refractivity contribution in [2.45, 2.75) is 39.0 Å². The van der Waals surface area contributed by atoms with Crippen LogP contribution in [-0.4, -0.2) is 16.3 Å². The third-order valence-corrected chi connectivity index (χ3v) is 7.83. The Morgan fingerprint density at radius 3 is 2.00 bits per heavy atom. The van der Waals surface area contributed by atoms with Gasteiger partial charge in [-0.1, -0.05) is 51.2 Å². The zero-order valence-corrected chi connectivity index (χ0v) is 18.0. The monoisotopic (exact) mass is 439 g/mol. The summed E-state index contributed by atoms with van der Waals surface area (Å²) in [6, 6.07) is 7.98. The molecule has 0 bridgehead atoms. The molecule has 0 spiro atoms. The van der Waals surface area contributed by atoms with Crippen LogP contribution >= 0.6 is 18.6 Å². The minimum atomic E-state index is -2.44. The van der Waals surface area contributed by atoms with E-state index in [-0.39, 0.29) is 65.9 Å². The Morgan fingerprint density at radius 1 is 1.05 bits per heavy atom. The molecule has 1 heterocycles. The van der Waals surface area contributed by atoms with Crippen molar-refractivity contribution < 1.29 is 59.1 Å². The van der Waals surface area contributed by atoms with Crippen LogP contribution < -0.4 is 42.3 Å². The molecule has 0 aliphatic carbocycles. The van der Waals surface area contributed by atoms with E-state index in [9.17, 15) is 4.57 Å². The molecule has 3 nitrogen and oxygen atoms in total. The minimum absolute atomic E-state index is 0. The van der Waals surface area contributed by atoms with Gasteiger partial charge in [0.05, 0.1) is 10.2 Å². The third kappa shape index (κ3) is 5.88. The molecule has 1 N–H and O–H groups in total. The molecule has 0 saturated carbocycles. The molecular formula is C13H19Cl3CrN2OPS. The molecule has 1 aromatic carbocycles. The first kappa shape index (κ1) is 27.4. The number of para-hydroxylation sites is 1. The summed E-state index contributed by atoms with van der Waals surface area (Å²) in [5.74, 6) is 0. The van der Waals surface area contributed by atoms with Crippen molar-refractivity contribution in [2.24, 2.45) is 0 Å². The van der Waals surface area contributed by atoms with Crippen molar-refractivity contribution in [2.75, 3.05) is 5.09 Å². The van der Waals surface area contributed by atoms with Gasteiger partial charge in [-0.25, -0.2) is 4.98 Å². The first-order chi connectivity index (χ1) is 8.43. The van der Waals surface area contributed by atoms with E-state index in [0.29, 0.717) is 0 Å². The molecule has 0 amide bonds. The van der Waals surface area contributed by atoms with Gasteiger partial charge in [0, 0.05) is 11.3 Å². The standard InChI is InChI=1S/C13H19N2OPS.3ClH.Cr/c1-9(2)17(16,10(3)4)15-13-14-11-7-5-6-8-12(11)18-13;;;;/h5-10H,1-4H3,(H,14,15,16);3*1H;/q;;;;+3/p-3. The molecule has 0 unspecified atom stereocenters. The molecule has 0 aliphatic rings. The molecule has 9 heteroatoms. The number of nitrogens with one attached hydrogen (secondary N) is 1. The zero-order chi connectivity index (χ0) is 13.3. The Labute approximate surface area is 165 Å². The van der Waals surface area contributed by atoms with E-state index in [1.165, 1.54) is 0 Å². The normalized spacial score (nSPS) is 10.3. The summed E-state index contributed by atoms with van der Waals surface area (Å²) in [5, 5.41) is 3.97. The Kier molecular flexibility index (Phi) is 13.9.